The second-order valence-electron chi connectivity index (χ2n) is 5.97. The molecule has 3 heteroatoms. The molecule has 1 aliphatic rings. The molecule has 0 aromatic carbocycles. The van der Waals surface area contributed by atoms with Crippen molar-refractivity contribution in [3.63, 3.8) is 0 Å². The van der Waals surface area contributed by atoms with Gasteiger partial charge in [0, 0.05) is 38.3 Å². The highest BCUT2D eigenvalue weighted by Gasteiger charge is 2.18. The van der Waals surface area contributed by atoms with Gasteiger partial charge in [-0.15, -0.1) is 0 Å². The van der Waals surface area contributed by atoms with Crippen LogP contribution in [0.2, 0.25) is 0 Å². The van der Waals surface area contributed by atoms with Gasteiger partial charge in [0.25, 0.3) is 0 Å². The molecule has 1 fully saturated rings. The zero-order valence-electron chi connectivity index (χ0n) is 12.9. The molecular formula is C15H33N3. The molecule has 3 nitrogen and oxygen atoms in total. The summed E-state index contributed by atoms with van der Waals surface area (Å²) in [7, 11) is 0. The molecule has 1 saturated heterocycles. The predicted octanol–water partition coefficient (Wildman–Crippen LogP) is 2.18. The average Bonchev–Trinajstić information content (AvgIpc) is 2.37. The lowest BCUT2D eigenvalue weighted by atomic mass is 10.1. The molecule has 1 heterocycles. The lowest BCUT2D eigenvalue weighted by Crippen LogP contribution is -2.49. The molecule has 1 N–H and O–H groups in total. The van der Waals surface area contributed by atoms with Crippen molar-refractivity contribution in [1.82, 2.24) is 15.1 Å². The highest BCUT2D eigenvalue weighted by Crippen LogP contribution is 2.07. The van der Waals surface area contributed by atoms with E-state index in [4.69, 9.17) is 0 Å². The molecule has 18 heavy (non-hydrogen) atoms. The number of hydrogen-bond donors (Lipinski definition) is 1. The minimum Gasteiger partial charge on any atom is -0.314 e. The molecule has 1 aliphatic heterocycles. The highest BCUT2D eigenvalue weighted by molar-refractivity contribution is 4.74. The second kappa shape index (κ2) is 8.89. The quantitative estimate of drug-likeness (QED) is 0.717. The Morgan fingerprint density at radius 1 is 1.06 bits per heavy atom. The number of nitrogens with zero attached hydrogens (tertiary/aromatic N) is 2. The molecule has 108 valence electrons. The van der Waals surface area contributed by atoms with Gasteiger partial charge in [0.05, 0.1) is 0 Å². The van der Waals surface area contributed by atoms with Crippen LogP contribution >= 0.6 is 0 Å². The fraction of sp³-hybridized carbons (Fsp3) is 1.00. The van der Waals surface area contributed by atoms with Gasteiger partial charge in [-0.3, -0.25) is 4.90 Å². The maximum atomic E-state index is 3.57. The standard InChI is InChI=1S/C15H33N3/c1-5-8-16-15(4)7-6-9-17-10-12-18(13-11-17)14(2)3/h14-16H,5-13H2,1-4H3. The van der Waals surface area contributed by atoms with Crippen molar-refractivity contribution in [2.24, 2.45) is 0 Å². The monoisotopic (exact) mass is 255 g/mol. The van der Waals surface area contributed by atoms with Gasteiger partial charge in [-0.05, 0) is 53.1 Å². The lowest BCUT2D eigenvalue weighted by Gasteiger charge is -2.37. The van der Waals surface area contributed by atoms with Crippen LogP contribution in [0.5, 0.6) is 0 Å². The molecule has 0 spiro atoms. The summed E-state index contributed by atoms with van der Waals surface area (Å²) in [6.45, 7) is 16.6. The van der Waals surface area contributed by atoms with E-state index in [9.17, 15) is 0 Å². The molecule has 0 aliphatic carbocycles. The lowest BCUT2D eigenvalue weighted by molar-refractivity contribution is 0.107. The van der Waals surface area contributed by atoms with Crippen LogP contribution in [0.25, 0.3) is 0 Å². The van der Waals surface area contributed by atoms with Crippen LogP contribution in [0.1, 0.15) is 47.0 Å². The van der Waals surface area contributed by atoms with E-state index in [1.165, 1.54) is 52.0 Å². The van der Waals surface area contributed by atoms with Crippen LogP contribution in [0.15, 0.2) is 0 Å². The van der Waals surface area contributed by atoms with Gasteiger partial charge < -0.3 is 10.2 Å². The largest absolute Gasteiger partial charge is 0.314 e. The van der Waals surface area contributed by atoms with Crippen molar-refractivity contribution in [2.45, 2.75) is 59.0 Å². The van der Waals surface area contributed by atoms with Crippen molar-refractivity contribution in [3.05, 3.63) is 0 Å². The maximum absolute atomic E-state index is 3.57. The Kier molecular flexibility index (Phi) is 7.87. The summed E-state index contributed by atoms with van der Waals surface area (Å²) < 4.78 is 0. The molecule has 0 radical (unpaired) electrons. The van der Waals surface area contributed by atoms with E-state index in [1.54, 1.807) is 0 Å². The Morgan fingerprint density at radius 3 is 2.28 bits per heavy atom. The smallest absolute Gasteiger partial charge is 0.0113 e. The Bertz CT molecular complexity index is 198. The summed E-state index contributed by atoms with van der Waals surface area (Å²) in [4.78, 5) is 5.22. The molecule has 0 bridgehead atoms. The zero-order valence-corrected chi connectivity index (χ0v) is 12.9. The van der Waals surface area contributed by atoms with Crippen molar-refractivity contribution < 1.29 is 0 Å². The minimum absolute atomic E-state index is 0.682. The highest BCUT2D eigenvalue weighted by atomic mass is 15.3. The summed E-state index contributed by atoms with van der Waals surface area (Å²) in [5.41, 5.74) is 0. The maximum Gasteiger partial charge on any atom is 0.0113 e. The molecule has 1 unspecified atom stereocenters. The van der Waals surface area contributed by atoms with Gasteiger partial charge in [-0.2, -0.15) is 0 Å². The van der Waals surface area contributed by atoms with Gasteiger partial charge >= 0.3 is 0 Å². The Labute approximate surface area is 114 Å². The fourth-order valence-electron chi connectivity index (χ4n) is 2.62. The van der Waals surface area contributed by atoms with Gasteiger partial charge in [-0.1, -0.05) is 6.92 Å². The van der Waals surface area contributed by atoms with Crippen molar-refractivity contribution in [1.29, 1.82) is 0 Å². The fourth-order valence-corrected chi connectivity index (χ4v) is 2.62. The SMILES string of the molecule is CCCNC(C)CCCN1CCN(C(C)C)CC1. The normalized spacial score (nSPS) is 20.5. The first-order valence-corrected chi connectivity index (χ1v) is 7.83. The summed E-state index contributed by atoms with van der Waals surface area (Å²) >= 11 is 0. The Balaban J connectivity index is 2.04. The predicted molar refractivity (Wildman–Crippen MR) is 80.1 cm³/mol. The second-order valence-corrected chi connectivity index (χ2v) is 5.97. The third-order valence-electron chi connectivity index (χ3n) is 3.99. The van der Waals surface area contributed by atoms with E-state index in [0.717, 1.165) is 6.54 Å². The van der Waals surface area contributed by atoms with Crippen LogP contribution in [0.3, 0.4) is 0 Å². The number of nitrogens with one attached hydrogen (secondary N) is 1. The first-order valence-electron chi connectivity index (χ1n) is 7.83. The van der Waals surface area contributed by atoms with Crippen molar-refractivity contribution >= 4 is 0 Å². The molecule has 0 saturated carbocycles. The first kappa shape index (κ1) is 15.9. The van der Waals surface area contributed by atoms with Gasteiger partial charge in [0.1, 0.15) is 0 Å². The molecule has 0 aromatic heterocycles. The van der Waals surface area contributed by atoms with E-state index in [2.05, 4.69) is 42.8 Å². The molecule has 1 atom stereocenters. The van der Waals surface area contributed by atoms with E-state index in [0.29, 0.717) is 12.1 Å². The van der Waals surface area contributed by atoms with Gasteiger partial charge in [-0.25, -0.2) is 0 Å². The number of piperazine rings is 1. The van der Waals surface area contributed by atoms with Gasteiger partial charge in [0.2, 0.25) is 0 Å². The number of rotatable bonds is 8. The van der Waals surface area contributed by atoms with Crippen LogP contribution in [-0.2, 0) is 0 Å². The molecular weight excluding hydrogens is 222 g/mol. The summed E-state index contributed by atoms with van der Waals surface area (Å²) in [5.74, 6) is 0. The van der Waals surface area contributed by atoms with Gasteiger partial charge in [0.15, 0.2) is 0 Å². The third kappa shape index (κ3) is 6.17. The summed E-state index contributed by atoms with van der Waals surface area (Å²) in [6, 6.07) is 1.40. The topological polar surface area (TPSA) is 18.5 Å². The van der Waals surface area contributed by atoms with E-state index < -0.39 is 0 Å². The zero-order chi connectivity index (χ0) is 13.4. The van der Waals surface area contributed by atoms with E-state index >= 15 is 0 Å². The van der Waals surface area contributed by atoms with Crippen LogP contribution in [0, 0.1) is 0 Å². The Morgan fingerprint density at radius 2 is 1.72 bits per heavy atom. The Hall–Kier alpha value is -0.120. The van der Waals surface area contributed by atoms with Crippen molar-refractivity contribution in [3.8, 4) is 0 Å². The number of hydrogen-bond acceptors (Lipinski definition) is 3. The first-order chi connectivity index (χ1) is 8.63. The van der Waals surface area contributed by atoms with Crippen molar-refractivity contribution in [2.75, 3.05) is 39.3 Å². The summed E-state index contributed by atoms with van der Waals surface area (Å²) in [5, 5.41) is 3.57. The van der Waals surface area contributed by atoms with E-state index in [-0.39, 0.29) is 0 Å². The minimum atomic E-state index is 0.682. The van der Waals surface area contributed by atoms with Crippen LogP contribution in [0.4, 0.5) is 0 Å². The summed E-state index contributed by atoms with van der Waals surface area (Å²) in [6.07, 6.45) is 3.88. The third-order valence-corrected chi connectivity index (χ3v) is 3.99. The van der Waals surface area contributed by atoms with E-state index in [1.807, 2.05) is 0 Å². The average molecular weight is 255 g/mol. The van der Waals surface area contributed by atoms with Crippen LogP contribution < -0.4 is 5.32 Å². The molecule has 1 rings (SSSR count). The molecule has 0 aromatic rings. The molecule has 0 amide bonds. The van der Waals surface area contributed by atoms with Crippen LogP contribution in [-0.4, -0.2) is 61.2 Å².